The molecule has 0 bridgehead atoms. The van der Waals surface area contributed by atoms with E-state index in [4.69, 9.17) is 5.73 Å². The number of fused-ring (bicyclic) bond motifs is 1. The van der Waals surface area contributed by atoms with Gasteiger partial charge in [-0.1, -0.05) is 6.07 Å². The molecule has 1 aliphatic rings. The molecule has 1 heterocycles. The third-order valence-corrected chi connectivity index (χ3v) is 3.40. The van der Waals surface area contributed by atoms with Crippen LogP contribution in [0.3, 0.4) is 0 Å². The summed E-state index contributed by atoms with van der Waals surface area (Å²) >= 11 is 0. The molecule has 0 saturated carbocycles. The van der Waals surface area contributed by atoms with Crippen molar-refractivity contribution in [3.05, 3.63) is 23.8 Å². The Morgan fingerprint density at radius 3 is 2.71 bits per heavy atom. The molecule has 114 valence electrons. The van der Waals surface area contributed by atoms with Gasteiger partial charge in [0.25, 0.3) is 0 Å². The summed E-state index contributed by atoms with van der Waals surface area (Å²) in [6.07, 6.45) is 0.822. The molecular formula is C15H22N4O2. The van der Waals surface area contributed by atoms with Gasteiger partial charge >= 0.3 is 6.03 Å². The molecule has 21 heavy (non-hydrogen) atoms. The zero-order chi connectivity index (χ0) is 15.6. The minimum absolute atomic E-state index is 0.112. The molecule has 6 heteroatoms. The molecule has 1 aromatic carbocycles. The number of hydrogen-bond acceptors (Lipinski definition) is 3. The Morgan fingerprint density at radius 1 is 1.38 bits per heavy atom. The van der Waals surface area contributed by atoms with Gasteiger partial charge in [0.15, 0.2) is 0 Å². The number of rotatable bonds is 3. The highest BCUT2D eigenvalue weighted by molar-refractivity contribution is 5.99. The van der Waals surface area contributed by atoms with Crippen LogP contribution in [0.2, 0.25) is 0 Å². The number of carbonyl (C=O) groups is 2. The lowest BCUT2D eigenvalue weighted by Crippen LogP contribution is -2.45. The topological polar surface area (TPSA) is 87.5 Å². The van der Waals surface area contributed by atoms with Crippen LogP contribution in [-0.2, 0) is 11.2 Å². The fourth-order valence-corrected chi connectivity index (χ4v) is 2.21. The van der Waals surface area contributed by atoms with E-state index < -0.39 is 5.54 Å². The van der Waals surface area contributed by atoms with Gasteiger partial charge in [0.2, 0.25) is 5.91 Å². The van der Waals surface area contributed by atoms with Gasteiger partial charge in [-0.05, 0) is 44.9 Å². The number of nitrogens with zero attached hydrogens (tertiary/aromatic N) is 1. The van der Waals surface area contributed by atoms with Crippen LogP contribution in [0.25, 0.3) is 0 Å². The van der Waals surface area contributed by atoms with Crippen molar-refractivity contribution < 1.29 is 9.59 Å². The first kappa shape index (κ1) is 15.3. The number of anilines is 2. The quantitative estimate of drug-likeness (QED) is 0.787. The number of nitrogens with one attached hydrogen (secondary N) is 2. The van der Waals surface area contributed by atoms with E-state index in [0.29, 0.717) is 18.8 Å². The summed E-state index contributed by atoms with van der Waals surface area (Å²) in [5, 5.41) is 5.57. The average molecular weight is 290 g/mol. The first-order valence-corrected chi connectivity index (χ1v) is 7.11. The second kappa shape index (κ2) is 5.73. The maximum absolute atomic E-state index is 12.0. The van der Waals surface area contributed by atoms with Gasteiger partial charge in [0.1, 0.15) is 0 Å². The van der Waals surface area contributed by atoms with Crippen LogP contribution < -0.4 is 21.3 Å². The van der Waals surface area contributed by atoms with Crippen molar-refractivity contribution in [2.24, 2.45) is 5.73 Å². The van der Waals surface area contributed by atoms with Gasteiger partial charge in [-0.15, -0.1) is 0 Å². The Labute approximate surface area is 124 Å². The molecular weight excluding hydrogens is 268 g/mol. The lowest BCUT2D eigenvalue weighted by atomic mass is 10.1. The first-order chi connectivity index (χ1) is 9.82. The molecule has 0 atom stereocenters. The third-order valence-electron chi connectivity index (χ3n) is 3.40. The van der Waals surface area contributed by atoms with E-state index in [2.05, 4.69) is 10.6 Å². The summed E-state index contributed by atoms with van der Waals surface area (Å²) in [4.78, 5) is 25.6. The highest BCUT2D eigenvalue weighted by atomic mass is 16.2. The van der Waals surface area contributed by atoms with Crippen LogP contribution in [0.5, 0.6) is 0 Å². The summed E-state index contributed by atoms with van der Waals surface area (Å²) in [6.45, 7) is 6.42. The molecule has 0 fully saturated rings. The molecule has 0 radical (unpaired) electrons. The summed E-state index contributed by atoms with van der Waals surface area (Å²) in [7, 11) is 0. The molecule has 1 aliphatic heterocycles. The predicted octanol–water partition coefficient (Wildman–Crippen LogP) is 1.45. The summed E-state index contributed by atoms with van der Waals surface area (Å²) in [5.74, 6) is -0.259. The summed E-state index contributed by atoms with van der Waals surface area (Å²) in [5.41, 5.74) is 7.41. The van der Waals surface area contributed by atoms with Gasteiger partial charge < -0.3 is 16.4 Å². The van der Waals surface area contributed by atoms with E-state index >= 15 is 0 Å². The van der Waals surface area contributed by atoms with Crippen LogP contribution >= 0.6 is 0 Å². The van der Waals surface area contributed by atoms with Crippen molar-refractivity contribution in [2.45, 2.75) is 32.7 Å². The minimum Gasteiger partial charge on any atom is -0.338 e. The monoisotopic (exact) mass is 290 g/mol. The van der Waals surface area contributed by atoms with Crippen molar-refractivity contribution in [1.82, 2.24) is 5.32 Å². The minimum atomic E-state index is -0.946. The van der Waals surface area contributed by atoms with Crippen molar-refractivity contribution in [2.75, 3.05) is 23.3 Å². The number of nitrogens with two attached hydrogens (primary N) is 1. The molecule has 0 aliphatic carbocycles. The molecule has 0 spiro atoms. The van der Waals surface area contributed by atoms with E-state index in [0.717, 1.165) is 17.7 Å². The van der Waals surface area contributed by atoms with Crippen LogP contribution in [0, 0.1) is 0 Å². The highest BCUT2D eigenvalue weighted by Gasteiger charge is 2.26. The Bertz CT molecular complexity index is 563. The summed E-state index contributed by atoms with van der Waals surface area (Å²) in [6, 6.07) is 5.48. The van der Waals surface area contributed by atoms with Crippen molar-refractivity contribution in [3.63, 3.8) is 0 Å². The Hall–Kier alpha value is -2.08. The standard InChI is InChI=1S/C15H22N4O2/c1-4-17-14(21)19-8-7-10-5-6-11(9-12(10)19)18-13(20)15(2,3)16/h5-6,9H,4,7-8,16H2,1-3H3,(H,17,21)(H,18,20). The van der Waals surface area contributed by atoms with E-state index in [1.807, 2.05) is 25.1 Å². The zero-order valence-electron chi connectivity index (χ0n) is 12.7. The molecule has 2 rings (SSSR count). The molecule has 4 N–H and O–H groups in total. The molecule has 1 aromatic rings. The van der Waals surface area contributed by atoms with Crippen LogP contribution in [-0.4, -0.2) is 30.6 Å². The van der Waals surface area contributed by atoms with Crippen molar-refractivity contribution in [1.29, 1.82) is 0 Å². The molecule has 3 amide bonds. The fourth-order valence-electron chi connectivity index (χ4n) is 2.21. The van der Waals surface area contributed by atoms with Gasteiger partial charge in [-0.2, -0.15) is 0 Å². The summed E-state index contributed by atoms with van der Waals surface area (Å²) < 4.78 is 0. The van der Waals surface area contributed by atoms with Gasteiger partial charge in [-0.3, -0.25) is 9.69 Å². The molecule has 0 unspecified atom stereocenters. The third kappa shape index (κ3) is 3.33. The predicted molar refractivity (Wildman–Crippen MR) is 83.5 cm³/mol. The van der Waals surface area contributed by atoms with Crippen LogP contribution in [0.1, 0.15) is 26.3 Å². The van der Waals surface area contributed by atoms with Crippen LogP contribution in [0.15, 0.2) is 18.2 Å². The molecule has 0 saturated heterocycles. The number of hydrogen-bond donors (Lipinski definition) is 3. The average Bonchev–Trinajstić information content (AvgIpc) is 2.81. The second-order valence-electron chi connectivity index (χ2n) is 5.76. The maximum Gasteiger partial charge on any atom is 0.321 e. The zero-order valence-corrected chi connectivity index (χ0v) is 12.7. The SMILES string of the molecule is CCNC(=O)N1CCc2ccc(NC(=O)C(C)(C)N)cc21. The lowest BCUT2D eigenvalue weighted by Gasteiger charge is -2.20. The highest BCUT2D eigenvalue weighted by Crippen LogP contribution is 2.31. The van der Waals surface area contributed by atoms with E-state index in [9.17, 15) is 9.59 Å². The Morgan fingerprint density at radius 2 is 2.10 bits per heavy atom. The second-order valence-corrected chi connectivity index (χ2v) is 5.76. The Balaban J connectivity index is 2.20. The lowest BCUT2D eigenvalue weighted by molar-refractivity contribution is -0.120. The number of urea groups is 1. The van der Waals surface area contributed by atoms with Crippen molar-refractivity contribution in [3.8, 4) is 0 Å². The van der Waals surface area contributed by atoms with Gasteiger partial charge in [0.05, 0.1) is 11.2 Å². The smallest absolute Gasteiger partial charge is 0.321 e. The molecule has 0 aromatic heterocycles. The van der Waals surface area contributed by atoms with E-state index in [1.54, 1.807) is 18.7 Å². The molecule has 6 nitrogen and oxygen atoms in total. The maximum atomic E-state index is 12.0. The van der Waals surface area contributed by atoms with Gasteiger partial charge in [-0.25, -0.2) is 4.79 Å². The van der Waals surface area contributed by atoms with E-state index in [-0.39, 0.29) is 11.9 Å². The van der Waals surface area contributed by atoms with E-state index in [1.165, 1.54) is 0 Å². The Kier molecular flexibility index (Phi) is 4.18. The largest absolute Gasteiger partial charge is 0.338 e. The van der Waals surface area contributed by atoms with Gasteiger partial charge in [0, 0.05) is 18.8 Å². The van der Waals surface area contributed by atoms with Crippen molar-refractivity contribution >= 4 is 23.3 Å². The fraction of sp³-hybridized carbons (Fsp3) is 0.467. The normalized spacial score (nSPS) is 13.8. The number of amides is 3. The number of benzene rings is 1. The number of carbonyl (C=O) groups excluding carboxylic acids is 2. The first-order valence-electron chi connectivity index (χ1n) is 7.11. The van der Waals surface area contributed by atoms with Crippen LogP contribution in [0.4, 0.5) is 16.2 Å².